The first-order valence-corrected chi connectivity index (χ1v) is 5.46. The molecule has 1 rings (SSSR count). The lowest BCUT2D eigenvalue weighted by atomic mass is 10.1. The Hall–Kier alpha value is -0.800. The Morgan fingerprint density at radius 1 is 1.33 bits per heavy atom. The molecule has 2 N–H and O–H groups in total. The van der Waals surface area contributed by atoms with Gasteiger partial charge in [-0.2, -0.15) is 0 Å². The summed E-state index contributed by atoms with van der Waals surface area (Å²) in [6.07, 6.45) is 0.0556. The van der Waals surface area contributed by atoms with E-state index in [2.05, 4.69) is 20.8 Å². The van der Waals surface area contributed by atoms with E-state index in [0.29, 0.717) is 12.5 Å². The Morgan fingerprint density at radius 2 is 2.00 bits per heavy atom. The molecule has 2 unspecified atom stereocenters. The Balaban J connectivity index is 2.64. The highest BCUT2D eigenvalue weighted by atomic mass is 16.5. The molecule has 1 heterocycles. The first kappa shape index (κ1) is 12.3. The fourth-order valence-electron chi connectivity index (χ4n) is 1.28. The van der Waals surface area contributed by atoms with E-state index in [1.165, 1.54) is 0 Å². The van der Waals surface area contributed by atoms with Crippen LogP contribution in [0.4, 0.5) is 0 Å². The van der Waals surface area contributed by atoms with Crippen molar-refractivity contribution in [2.24, 2.45) is 11.7 Å². The van der Waals surface area contributed by atoms with Crippen molar-refractivity contribution in [1.29, 1.82) is 0 Å². The summed E-state index contributed by atoms with van der Waals surface area (Å²) in [5, 5.41) is 0. The van der Waals surface area contributed by atoms with Crippen LogP contribution in [0.1, 0.15) is 38.4 Å². The van der Waals surface area contributed by atoms with E-state index < -0.39 is 0 Å². The summed E-state index contributed by atoms with van der Waals surface area (Å²) in [6, 6.07) is 3.86. The lowest BCUT2D eigenvalue weighted by molar-refractivity contribution is -0.0319. The van der Waals surface area contributed by atoms with Gasteiger partial charge < -0.3 is 14.9 Å². The molecule has 0 aromatic carbocycles. The summed E-state index contributed by atoms with van der Waals surface area (Å²) in [6.45, 7) is 8.69. The highest BCUT2D eigenvalue weighted by molar-refractivity contribution is 5.08. The zero-order chi connectivity index (χ0) is 11.4. The van der Waals surface area contributed by atoms with Gasteiger partial charge in [0.15, 0.2) is 0 Å². The average Bonchev–Trinajstić information content (AvgIpc) is 2.60. The van der Waals surface area contributed by atoms with Crippen molar-refractivity contribution in [3.63, 3.8) is 0 Å². The fourth-order valence-corrected chi connectivity index (χ4v) is 1.28. The third-order valence-corrected chi connectivity index (χ3v) is 2.61. The SMILES string of the molecule is Cc1ccc(C(CN)OC(C)C(C)C)o1. The number of nitrogens with two attached hydrogens (primary N) is 1. The van der Waals surface area contributed by atoms with Crippen molar-refractivity contribution >= 4 is 0 Å². The Morgan fingerprint density at radius 3 is 2.40 bits per heavy atom. The van der Waals surface area contributed by atoms with Crippen LogP contribution in [0.3, 0.4) is 0 Å². The van der Waals surface area contributed by atoms with Crippen LogP contribution in [-0.2, 0) is 4.74 Å². The highest BCUT2D eigenvalue weighted by Crippen LogP contribution is 2.22. The van der Waals surface area contributed by atoms with E-state index in [1.54, 1.807) is 0 Å². The van der Waals surface area contributed by atoms with Crippen molar-refractivity contribution in [2.75, 3.05) is 6.54 Å². The van der Waals surface area contributed by atoms with Crippen molar-refractivity contribution in [3.05, 3.63) is 23.7 Å². The molecule has 0 aliphatic carbocycles. The van der Waals surface area contributed by atoms with Crippen molar-refractivity contribution in [3.8, 4) is 0 Å². The van der Waals surface area contributed by atoms with Crippen LogP contribution in [0.5, 0.6) is 0 Å². The third kappa shape index (κ3) is 3.36. The lowest BCUT2D eigenvalue weighted by Gasteiger charge is -2.22. The second-order valence-electron chi connectivity index (χ2n) is 4.26. The molecular formula is C12H21NO2. The summed E-state index contributed by atoms with van der Waals surface area (Å²) < 4.78 is 11.4. The molecule has 3 nitrogen and oxygen atoms in total. The predicted molar refractivity (Wildman–Crippen MR) is 60.6 cm³/mol. The molecule has 0 bridgehead atoms. The molecule has 1 aromatic rings. The Kier molecular flexibility index (Phi) is 4.36. The quantitative estimate of drug-likeness (QED) is 0.814. The zero-order valence-corrected chi connectivity index (χ0v) is 9.99. The van der Waals surface area contributed by atoms with Gasteiger partial charge in [0.2, 0.25) is 0 Å². The number of rotatable bonds is 5. The first-order valence-electron chi connectivity index (χ1n) is 5.46. The van der Waals surface area contributed by atoms with Crippen LogP contribution in [0, 0.1) is 12.8 Å². The summed E-state index contributed by atoms with van der Waals surface area (Å²) in [7, 11) is 0. The average molecular weight is 211 g/mol. The zero-order valence-electron chi connectivity index (χ0n) is 9.99. The van der Waals surface area contributed by atoms with Gasteiger partial charge in [0, 0.05) is 6.54 Å². The van der Waals surface area contributed by atoms with Crippen molar-refractivity contribution in [1.82, 2.24) is 0 Å². The third-order valence-electron chi connectivity index (χ3n) is 2.61. The molecule has 86 valence electrons. The van der Waals surface area contributed by atoms with Crippen LogP contribution in [-0.4, -0.2) is 12.6 Å². The normalized spacial score (nSPS) is 15.6. The summed E-state index contributed by atoms with van der Waals surface area (Å²) in [5.74, 6) is 2.20. The van der Waals surface area contributed by atoms with E-state index in [4.69, 9.17) is 14.9 Å². The van der Waals surface area contributed by atoms with E-state index in [1.807, 2.05) is 19.1 Å². The minimum atomic E-state index is -0.129. The summed E-state index contributed by atoms with van der Waals surface area (Å²) in [5.41, 5.74) is 5.68. The van der Waals surface area contributed by atoms with Gasteiger partial charge in [0.25, 0.3) is 0 Å². The Labute approximate surface area is 91.6 Å². The summed E-state index contributed by atoms with van der Waals surface area (Å²) >= 11 is 0. The van der Waals surface area contributed by atoms with E-state index in [0.717, 1.165) is 11.5 Å². The lowest BCUT2D eigenvalue weighted by Crippen LogP contribution is -2.23. The van der Waals surface area contributed by atoms with Gasteiger partial charge >= 0.3 is 0 Å². The van der Waals surface area contributed by atoms with Gasteiger partial charge in [-0.15, -0.1) is 0 Å². The number of hydrogen-bond acceptors (Lipinski definition) is 3. The molecular weight excluding hydrogens is 190 g/mol. The molecule has 0 saturated heterocycles. The van der Waals surface area contributed by atoms with Gasteiger partial charge in [0.1, 0.15) is 17.6 Å². The highest BCUT2D eigenvalue weighted by Gasteiger charge is 2.18. The molecule has 0 saturated carbocycles. The van der Waals surface area contributed by atoms with Gasteiger partial charge in [-0.05, 0) is 31.9 Å². The molecule has 0 aliphatic heterocycles. The van der Waals surface area contributed by atoms with Gasteiger partial charge in [-0.3, -0.25) is 0 Å². The number of ether oxygens (including phenoxy) is 1. The maximum Gasteiger partial charge on any atom is 0.134 e. The minimum absolute atomic E-state index is 0.129. The maximum absolute atomic E-state index is 5.84. The second-order valence-corrected chi connectivity index (χ2v) is 4.26. The van der Waals surface area contributed by atoms with Gasteiger partial charge in [-0.1, -0.05) is 13.8 Å². The van der Waals surface area contributed by atoms with Crippen LogP contribution in [0.15, 0.2) is 16.5 Å². The van der Waals surface area contributed by atoms with Crippen LogP contribution >= 0.6 is 0 Å². The number of hydrogen-bond donors (Lipinski definition) is 1. The molecule has 2 atom stereocenters. The summed E-state index contributed by atoms with van der Waals surface area (Å²) in [4.78, 5) is 0. The van der Waals surface area contributed by atoms with Crippen LogP contribution < -0.4 is 5.73 Å². The van der Waals surface area contributed by atoms with E-state index >= 15 is 0 Å². The van der Waals surface area contributed by atoms with Crippen LogP contribution in [0.25, 0.3) is 0 Å². The minimum Gasteiger partial charge on any atom is -0.464 e. The topological polar surface area (TPSA) is 48.4 Å². The molecule has 0 spiro atoms. The fraction of sp³-hybridized carbons (Fsp3) is 0.667. The standard InChI is InChI=1S/C12H21NO2/c1-8(2)10(4)15-12(7-13)11-6-5-9(3)14-11/h5-6,8,10,12H,7,13H2,1-4H3. The van der Waals surface area contributed by atoms with Gasteiger partial charge in [0.05, 0.1) is 6.10 Å². The van der Waals surface area contributed by atoms with E-state index in [9.17, 15) is 0 Å². The van der Waals surface area contributed by atoms with Crippen molar-refractivity contribution in [2.45, 2.75) is 39.9 Å². The number of aryl methyl sites for hydroxylation is 1. The Bertz CT molecular complexity index is 294. The van der Waals surface area contributed by atoms with Gasteiger partial charge in [-0.25, -0.2) is 0 Å². The molecule has 0 aliphatic rings. The largest absolute Gasteiger partial charge is 0.464 e. The molecule has 1 aromatic heterocycles. The second kappa shape index (κ2) is 5.33. The smallest absolute Gasteiger partial charge is 0.134 e. The first-order chi connectivity index (χ1) is 7.04. The molecule has 0 fully saturated rings. The molecule has 0 amide bonds. The molecule has 15 heavy (non-hydrogen) atoms. The van der Waals surface area contributed by atoms with Crippen LogP contribution in [0.2, 0.25) is 0 Å². The number of furan rings is 1. The maximum atomic E-state index is 5.84. The van der Waals surface area contributed by atoms with E-state index in [-0.39, 0.29) is 12.2 Å². The monoisotopic (exact) mass is 211 g/mol. The predicted octanol–water partition coefficient (Wildman–Crippen LogP) is 2.65. The molecule has 3 heteroatoms. The van der Waals surface area contributed by atoms with Crippen molar-refractivity contribution < 1.29 is 9.15 Å². The molecule has 0 radical (unpaired) electrons.